The fourth-order valence-electron chi connectivity index (χ4n) is 3.89. The highest BCUT2D eigenvalue weighted by Crippen LogP contribution is 2.22. The zero-order valence-electron chi connectivity index (χ0n) is 18.8. The van der Waals surface area contributed by atoms with Crippen LogP contribution in [0, 0.1) is 34.6 Å². The van der Waals surface area contributed by atoms with Crippen molar-refractivity contribution in [2.45, 2.75) is 47.6 Å². The molecule has 4 aromatic rings. The number of carbonyl (C=O) groups excluding carboxylic acids is 1. The molecule has 2 heterocycles. The molecule has 0 saturated carbocycles. The van der Waals surface area contributed by atoms with Crippen LogP contribution in [0.1, 0.15) is 55.1 Å². The van der Waals surface area contributed by atoms with Crippen LogP contribution < -0.4 is 5.32 Å². The van der Waals surface area contributed by atoms with E-state index in [1.807, 2.05) is 45.0 Å². The number of carbonyl (C=O) groups is 1. The van der Waals surface area contributed by atoms with Crippen molar-refractivity contribution in [3.05, 3.63) is 99.0 Å². The lowest BCUT2D eigenvalue weighted by Gasteiger charge is -2.14. The second-order valence-corrected chi connectivity index (χ2v) is 8.33. The molecule has 1 amide bonds. The van der Waals surface area contributed by atoms with E-state index >= 15 is 0 Å². The standard InChI is InChI=1S/C26H28N4O/c1-16-7-10-21(11-8-16)14-27-26(31)24-15-28-30-20(5)23(19(4)29-25(24)30)13-22-12-17(2)6-9-18(22)3/h6-12,15H,13-14H2,1-5H3,(H,27,31). The third-order valence-electron chi connectivity index (χ3n) is 5.90. The van der Waals surface area contributed by atoms with Crippen molar-refractivity contribution in [1.29, 1.82) is 0 Å². The summed E-state index contributed by atoms with van der Waals surface area (Å²) in [6, 6.07) is 14.7. The number of aryl methyl sites for hydroxylation is 5. The minimum Gasteiger partial charge on any atom is -0.348 e. The summed E-state index contributed by atoms with van der Waals surface area (Å²) in [6.45, 7) is 10.8. The van der Waals surface area contributed by atoms with Crippen LogP contribution in [0.15, 0.2) is 48.7 Å². The maximum atomic E-state index is 12.8. The summed E-state index contributed by atoms with van der Waals surface area (Å²) in [5.74, 6) is -0.163. The first-order chi connectivity index (χ1) is 14.8. The van der Waals surface area contributed by atoms with Crippen molar-refractivity contribution in [3.63, 3.8) is 0 Å². The van der Waals surface area contributed by atoms with Gasteiger partial charge in [-0.3, -0.25) is 4.79 Å². The largest absolute Gasteiger partial charge is 0.348 e. The van der Waals surface area contributed by atoms with Gasteiger partial charge in [-0.2, -0.15) is 5.10 Å². The van der Waals surface area contributed by atoms with Crippen LogP contribution in [0.3, 0.4) is 0 Å². The third kappa shape index (κ3) is 4.22. The Balaban J connectivity index is 1.62. The van der Waals surface area contributed by atoms with Crippen LogP contribution in [0.4, 0.5) is 0 Å². The summed E-state index contributed by atoms with van der Waals surface area (Å²) in [6.07, 6.45) is 2.41. The molecule has 0 aliphatic carbocycles. The van der Waals surface area contributed by atoms with Gasteiger partial charge in [-0.25, -0.2) is 9.50 Å². The molecule has 0 unspecified atom stereocenters. The van der Waals surface area contributed by atoms with Crippen LogP contribution in [-0.2, 0) is 13.0 Å². The molecule has 2 aromatic heterocycles. The summed E-state index contributed by atoms with van der Waals surface area (Å²) in [5, 5.41) is 7.47. The number of fused-ring (bicyclic) bond motifs is 1. The van der Waals surface area contributed by atoms with E-state index in [1.165, 1.54) is 22.3 Å². The molecule has 158 valence electrons. The van der Waals surface area contributed by atoms with E-state index in [2.05, 4.69) is 42.5 Å². The van der Waals surface area contributed by atoms with Crippen LogP contribution >= 0.6 is 0 Å². The van der Waals surface area contributed by atoms with Crippen molar-refractivity contribution in [2.24, 2.45) is 0 Å². The molecule has 0 spiro atoms. The molecule has 0 atom stereocenters. The van der Waals surface area contributed by atoms with Gasteiger partial charge in [-0.05, 0) is 56.9 Å². The van der Waals surface area contributed by atoms with Crippen molar-refractivity contribution in [1.82, 2.24) is 19.9 Å². The molecule has 0 bridgehead atoms. The fourth-order valence-corrected chi connectivity index (χ4v) is 3.89. The van der Waals surface area contributed by atoms with Gasteiger partial charge in [-0.1, -0.05) is 53.6 Å². The van der Waals surface area contributed by atoms with Crippen LogP contribution in [0.5, 0.6) is 0 Å². The Kier molecular flexibility index (Phi) is 5.59. The number of amides is 1. The molecule has 0 aliphatic rings. The Morgan fingerprint density at radius 3 is 2.42 bits per heavy atom. The minimum atomic E-state index is -0.163. The lowest BCUT2D eigenvalue weighted by Crippen LogP contribution is -2.23. The average Bonchev–Trinajstić information content (AvgIpc) is 3.17. The maximum Gasteiger partial charge on any atom is 0.257 e. The Bertz CT molecular complexity index is 1270. The fraction of sp³-hybridized carbons (Fsp3) is 0.269. The van der Waals surface area contributed by atoms with Crippen LogP contribution in [-0.4, -0.2) is 20.5 Å². The van der Waals surface area contributed by atoms with E-state index < -0.39 is 0 Å². The predicted octanol–water partition coefficient (Wildman–Crippen LogP) is 4.79. The van der Waals surface area contributed by atoms with Crippen LogP contribution in [0.25, 0.3) is 5.65 Å². The van der Waals surface area contributed by atoms with Gasteiger partial charge >= 0.3 is 0 Å². The topological polar surface area (TPSA) is 59.3 Å². The quantitative estimate of drug-likeness (QED) is 0.513. The summed E-state index contributed by atoms with van der Waals surface area (Å²) in [4.78, 5) is 17.6. The van der Waals surface area contributed by atoms with Gasteiger partial charge in [0.05, 0.1) is 6.20 Å². The molecule has 0 fully saturated rings. The second kappa shape index (κ2) is 8.34. The molecule has 2 aromatic carbocycles. The third-order valence-corrected chi connectivity index (χ3v) is 5.90. The molecule has 4 rings (SSSR count). The first kappa shape index (κ1) is 20.8. The number of benzene rings is 2. The van der Waals surface area contributed by atoms with Gasteiger partial charge in [0.15, 0.2) is 5.65 Å². The van der Waals surface area contributed by atoms with Crippen molar-refractivity contribution in [2.75, 3.05) is 0 Å². The summed E-state index contributed by atoms with van der Waals surface area (Å²) >= 11 is 0. The Labute approximate surface area is 183 Å². The maximum absolute atomic E-state index is 12.8. The van der Waals surface area contributed by atoms with E-state index in [0.29, 0.717) is 17.8 Å². The van der Waals surface area contributed by atoms with Crippen LogP contribution in [0.2, 0.25) is 0 Å². The highest BCUT2D eigenvalue weighted by Gasteiger charge is 2.18. The van der Waals surface area contributed by atoms with Gasteiger partial charge in [-0.15, -0.1) is 0 Å². The van der Waals surface area contributed by atoms with E-state index in [0.717, 1.165) is 28.9 Å². The zero-order valence-corrected chi connectivity index (χ0v) is 18.8. The highest BCUT2D eigenvalue weighted by atomic mass is 16.1. The first-order valence-corrected chi connectivity index (χ1v) is 10.6. The van der Waals surface area contributed by atoms with E-state index in [-0.39, 0.29) is 5.91 Å². The molecular weight excluding hydrogens is 384 g/mol. The smallest absolute Gasteiger partial charge is 0.257 e. The molecule has 1 N–H and O–H groups in total. The average molecular weight is 413 g/mol. The van der Waals surface area contributed by atoms with Gasteiger partial charge < -0.3 is 5.32 Å². The van der Waals surface area contributed by atoms with Crippen molar-refractivity contribution < 1.29 is 4.79 Å². The number of aromatic nitrogens is 3. The van der Waals surface area contributed by atoms with Crippen molar-refractivity contribution in [3.8, 4) is 0 Å². The molecule has 0 aliphatic heterocycles. The van der Waals surface area contributed by atoms with Gasteiger partial charge in [0.25, 0.3) is 5.91 Å². The number of nitrogens with zero attached hydrogens (tertiary/aromatic N) is 3. The SMILES string of the molecule is Cc1ccc(CNC(=O)c2cnn3c(C)c(Cc4cc(C)ccc4C)c(C)nc23)cc1. The minimum absolute atomic E-state index is 0.163. The summed E-state index contributed by atoms with van der Waals surface area (Å²) < 4.78 is 1.79. The molecule has 5 nitrogen and oxygen atoms in total. The number of rotatable bonds is 5. The Morgan fingerprint density at radius 1 is 0.968 bits per heavy atom. The van der Waals surface area contributed by atoms with Crippen molar-refractivity contribution >= 4 is 11.6 Å². The monoisotopic (exact) mass is 412 g/mol. The van der Waals surface area contributed by atoms with E-state index in [9.17, 15) is 4.79 Å². The normalized spacial score (nSPS) is 11.1. The van der Waals surface area contributed by atoms with E-state index in [4.69, 9.17) is 4.98 Å². The lowest BCUT2D eigenvalue weighted by atomic mass is 9.97. The molecule has 0 saturated heterocycles. The first-order valence-electron chi connectivity index (χ1n) is 10.6. The molecule has 31 heavy (non-hydrogen) atoms. The molecule has 5 heteroatoms. The van der Waals surface area contributed by atoms with Gasteiger partial charge in [0.1, 0.15) is 5.56 Å². The van der Waals surface area contributed by atoms with E-state index in [1.54, 1.807) is 10.7 Å². The van der Waals surface area contributed by atoms with Gasteiger partial charge in [0.2, 0.25) is 0 Å². The number of hydrogen-bond donors (Lipinski definition) is 1. The second-order valence-electron chi connectivity index (χ2n) is 8.33. The summed E-state index contributed by atoms with van der Waals surface area (Å²) in [5.41, 5.74) is 10.2. The Morgan fingerprint density at radius 2 is 1.68 bits per heavy atom. The zero-order chi connectivity index (χ0) is 22.1. The van der Waals surface area contributed by atoms with Gasteiger partial charge in [0, 0.05) is 24.4 Å². The number of hydrogen-bond acceptors (Lipinski definition) is 3. The lowest BCUT2D eigenvalue weighted by molar-refractivity contribution is 0.0952. The molecule has 0 radical (unpaired) electrons. The number of nitrogens with one attached hydrogen (secondary N) is 1. The Hall–Kier alpha value is -3.47. The molecular formula is C26H28N4O. The summed E-state index contributed by atoms with van der Waals surface area (Å²) in [7, 11) is 0. The predicted molar refractivity (Wildman–Crippen MR) is 124 cm³/mol. The highest BCUT2D eigenvalue weighted by molar-refractivity contribution is 5.99.